The zero-order valence-corrected chi connectivity index (χ0v) is 23.0. The third-order valence-electron chi connectivity index (χ3n) is 7.52. The highest BCUT2D eigenvalue weighted by molar-refractivity contribution is 5.74. The van der Waals surface area contributed by atoms with Gasteiger partial charge in [-0.25, -0.2) is 13.6 Å². The molecule has 0 amide bonds. The standard InChI is InChI=1S/C32H43F3O3/c1-3-5-7-8-9-10-22-37-29-21-20-27(30(34)31(29)35)25-14-12-23(13-15-25)24-16-18-26(19-17-24)38-32(36)28(33)11-6-4-2/h12-15,20-21,24,26,28H,3-11,16-19,22H2,1-2H3/t24?,26?,28-/m0/s1. The zero-order valence-electron chi connectivity index (χ0n) is 23.0. The Bertz CT molecular complexity index is 984. The SMILES string of the molecule is CCCCCCCCOc1ccc(-c2ccc(C3CCC(OC(=O)[C@@H](F)CCCC)CC3)cc2)c(F)c1F. The minimum Gasteiger partial charge on any atom is -0.490 e. The molecule has 0 heterocycles. The van der Waals surface area contributed by atoms with Gasteiger partial charge in [-0.3, -0.25) is 0 Å². The van der Waals surface area contributed by atoms with Gasteiger partial charge in [-0.1, -0.05) is 83.1 Å². The molecule has 2 aromatic carbocycles. The summed E-state index contributed by atoms with van der Waals surface area (Å²) in [4.78, 5) is 12.0. The van der Waals surface area contributed by atoms with E-state index in [1.54, 1.807) is 6.07 Å². The van der Waals surface area contributed by atoms with Crippen molar-refractivity contribution in [2.75, 3.05) is 6.61 Å². The van der Waals surface area contributed by atoms with Crippen molar-refractivity contribution in [2.24, 2.45) is 0 Å². The average molecular weight is 533 g/mol. The van der Waals surface area contributed by atoms with Crippen molar-refractivity contribution in [3.63, 3.8) is 0 Å². The number of hydrogen-bond acceptors (Lipinski definition) is 3. The molecule has 6 heteroatoms. The molecule has 1 atom stereocenters. The number of unbranched alkanes of at least 4 members (excludes halogenated alkanes) is 6. The van der Waals surface area contributed by atoms with Crippen LogP contribution < -0.4 is 4.74 Å². The maximum absolute atomic E-state index is 14.9. The summed E-state index contributed by atoms with van der Waals surface area (Å²) in [7, 11) is 0. The minimum absolute atomic E-state index is 0.0432. The lowest BCUT2D eigenvalue weighted by Crippen LogP contribution is -2.28. The Kier molecular flexibility index (Phi) is 12.5. The summed E-state index contributed by atoms with van der Waals surface area (Å²) in [6.45, 7) is 4.52. The third-order valence-corrected chi connectivity index (χ3v) is 7.52. The van der Waals surface area contributed by atoms with E-state index in [-0.39, 0.29) is 23.8 Å². The molecular formula is C32H43F3O3. The lowest BCUT2D eigenvalue weighted by molar-refractivity contribution is -0.157. The largest absolute Gasteiger partial charge is 0.490 e. The van der Waals surface area contributed by atoms with Gasteiger partial charge >= 0.3 is 5.97 Å². The van der Waals surface area contributed by atoms with Crippen molar-refractivity contribution in [1.82, 2.24) is 0 Å². The summed E-state index contributed by atoms with van der Waals surface area (Å²) in [6, 6.07) is 10.6. The normalized spacial score (nSPS) is 18.2. The number of alkyl halides is 1. The first-order valence-electron chi connectivity index (χ1n) is 14.5. The van der Waals surface area contributed by atoms with Gasteiger partial charge in [0.15, 0.2) is 17.7 Å². The Labute approximate surface area is 226 Å². The molecule has 0 saturated heterocycles. The van der Waals surface area contributed by atoms with Gasteiger partial charge in [-0.2, -0.15) is 4.39 Å². The Morgan fingerprint density at radius 3 is 2.18 bits per heavy atom. The zero-order chi connectivity index (χ0) is 27.3. The van der Waals surface area contributed by atoms with Gasteiger partial charge in [0.05, 0.1) is 6.61 Å². The van der Waals surface area contributed by atoms with Crippen LogP contribution in [0.3, 0.4) is 0 Å². The first kappa shape index (κ1) is 30.0. The number of benzene rings is 2. The first-order valence-corrected chi connectivity index (χ1v) is 14.5. The van der Waals surface area contributed by atoms with Crippen molar-refractivity contribution < 1.29 is 27.4 Å². The number of esters is 1. The van der Waals surface area contributed by atoms with Crippen molar-refractivity contribution in [1.29, 1.82) is 0 Å². The maximum atomic E-state index is 14.9. The van der Waals surface area contributed by atoms with E-state index in [0.29, 0.717) is 37.4 Å². The van der Waals surface area contributed by atoms with E-state index in [9.17, 15) is 18.0 Å². The Hall–Kier alpha value is -2.50. The van der Waals surface area contributed by atoms with E-state index in [2.05, 4.69) is 6.92 Å². The fraction of sp³-hybridized carbons (Fsp3) is 0.594. The second-order valence-corrected chi connectivity index (χ2v) is 10.5. The molecule has 210 valence electrons. The number of rotatable bonds is 15. The van der Waals surface area contributed by atoms with Crippen LogP contribution in [0.4, 0.5) is 13.2 Å². The summed E-state index contributed by atoms with van der Waals surface area (Å²) in [5.74, 6) is -2.33. The molecule has 0 aromatic heterocycles. The van der Waals surface area contributed by atoms with E-state index >= 15 is 0 Å². The lowest BCUT2D eigenvalue weighted by Gasteiger charge is -2.29. The fourth-order valence-corrected chi connectivity index (χ4v) is 5.12. The van der Waals surface area contributed by atoms with E-state index in [1.807, 2.05) is 31.2 Å². The van der Waals surface area contributed by atoms with Crippen LogP contribution in [0.5, 0.6) is 5.75 Å². The molecule has 0 bridgehead atoms. The number of hydrogen-bond donors (Lipinski definition) is 0. The van der Waals surface area contributed by atoms with E-state index < -0.39 is 23.8 Å². The molecule has 0 radical (unpaired) electrons. The summed E-state index contributed by atoms with van der Waals surface area (Å²) < 4.78 is 54.4. The molecule has 0 aliphatic heterocycles. The second-order valence-electron chi connectivity index (χ2n) is 10.5. The summed E-state index contributed by atoms with van der Waals surface area (Å²) in [5, 5.41) is 0. The summed E-state index contributed by atoms with van der Waals surface area (Å²) in [5.41, 5.74) is 1.93. The molecule has 3 nitrogen and oxygen atoms in total. The van der Waals surface area contributed by atoms with Gasteiger partial charge in [-0.05, 0) is 67.7 Å². The van der Waals surface area contributed by atoms with Gasteiger partial charge in [-0.15, -0.1) is 0 Å². The minimum atomic E-state index is -1.54. The highest BCUT2D eigenvalue weighted by Crippen LogP contribution is 2.36. The second kappa shape index (κ2) is 15.8. The van der Waals surface area contributed by atoms with Crippen LogP contribution in [0, 0.1) is 11.6 Å². The molecule has 38 heavy (non-hydrogen) atoms. The number of carbonyl (C=O) groups excluding carboxylic acids is 1. The predicted molar refractivity (Wildman–Crippen MR) is 146 cm³/mol. The number of carbonyl (C=O) groups is 1. The molecule has 3 rings (SSSR count). The molecule has 2 aromatic rings. The molecule has 1 aliphatic rings. The topological polar surface area (TPSA) is 35.5 Å². The summed E-state index contributed by atoms with van der Waals surface area (Å²) >= 11 is 0. The van der Waals surface area contributed by atoms with Crippen LogP contribution >= 0.6 is 0 Å². The van der Waals surface area contributed by atoms with E-state index in [1.165, 1.54) is 25.3 Å². The van der Waals surface area contributed by atoms with Gasteiger partial charge in [0.25, 0.3) is 0 Å². The van der Waals surface area contributed by atoms with Crippen LogP contribution in [0.25, 0.3) is 11.1 Å². The summed E-state index contributed by atoms with van der Waals surface area (Å²) in [6.07, 6.45) is 9.61. The molecule has 0 spiro atoms. The van der Waals surface area contributed by atoms with Crippen LogP contribution in [-0.2, 0) is 9.53 Å². The van der Waals surface area contributed by atoms with Crippen LogP contribution in [-0.4, -0.2) is 24.9 Å². The number of halogens is 3. The van der Waals surface area contributed by atoms with E-state index in [0.717, 1.165) is 44.1 Å². The molecule has 0 unspecified atom stereocenters. The molecule has 1 fully saturated rings. The Balaban J connectivity index is 1.50. The van der Waals surface area contributed by atoms with E-state index in [4.69, 9.17) is 9.47 Å². The van der Waals surface area contributed by atoms with Crippen LogP contribution in [0.15, 0.2) is 36.4 Å². The van der Waals surface area contributed by atoms with Gasteiger partial charge < -0.3 is 9.47 Å². The highest BCUT2D eigenvalue weighted by Gasteiger charge is 2.28. The lowest BCUT2D eigenvalue weighted by atomic mass is 9.82. The Morgan fingerprint density at radius 2 is 1.50 bits per heavy atom. The molecule has 0 N–H and O–H groups in total. The van der Waals surface area contributed by atoms with Crippen molar-refractivity contribution in [3.8, 4) is 16.9 Å². The number of ether oxygens (including phenoxy) is 2. The van der Waals surface area contributed by atoms with Crippen molar-refractivity contribution in [2.45, 2.75) is 116 Å². The van der Waals surface area contributed by atoms with Gasteiger partial charge in [0.2, 0.25) is 5.82 Å². The molecular weight excluding hydrogens is 489 g/mol. The third kappa shape index (κ3) is 8.78. The van der Waals surface area contributed by atoms with Crippen LogP contribution in [0.1, 0.15) is 109 Å². The monoisotopic (exact) mass is 532 g/mol. The molecule has 1 saturated carbocycles. The predicted octanol–water partition coefficient (Wildman–Crippen LogP) is 9.47. The Morgan fingerprint density at radius 1 is 0.842 bits per heavy atom. The first-order chi connectivity index (χ1) is 18.4. The van der Waals surface area contributed by atoms with Gasteiger partial charge in [0.1, 0.15) is 6.10 Å². The fourth-order valence-electron chi connectivity index (χ4n) is 5.12. The van der Waals surface area contributed by atoms with Gasteiger partial charge in [0, 0.05) is 5.56 Å². The smallest absolute Gasteiger partial charge is 0.340 e. The van der Waals surface area contributed by atoms with Crippen molar-refractivity contribution in [3.05, 3.63) is 53.6 Å². The van der Waals surface area contributed by atoms with Crippen molar-refractivity contribution >= 4 is 5.97 Å². The van der Waals surface area contributed by atoms with Crippen LogP contribution in [0.2, 0.25) is 0 Å². The quantitative estimate of drug-likeness (QED) is 0.169. The highest BCUT2D eigenvalue weighted by atomic mass is 19.2. The maximum Gasteiger partial charge on any atom is 0.340 e. The molecule has 1 aliphatic carbocycles. The average Bonchev–Trinajstić information content (AvgIpc) is 2.94.